The quantitative estimate of drug-likeness (QED) is 0.801. The van der Waals surface area contributed by atoms with Crippen molar-refractivity contribution in [1.82, 2.24) is 10.2 Å². The van der Waals surface area contributed by atoms with E-state index in [4.69, 9.17) is 0 Å². The maximum atomic E-state index is 12.7. The van der Waals surface area contributed by atoms with Crippen LogP contribution in [0.4, 0.5) is 0 Å². The van der Waals surface area contributed by atoms with E-state index in [9.17, 15) is 4.79 Å². The van der Waals surface area contributed by atoms with Gasteiger partial charge in [-0.2, -0.15) is 0 Å². The van der Waals surface area contributed by atoms with Crippen LogP contribution in [0.5, 0.6) is 0 Å². The van der Waals surface area contributed by atoms with E-state index in [1.807, 2.05) is 7.05 Å². The highest BCUT2D eigenvalue weighted by molar-refractivity contribution is 5.77. The first kappa shape index (κ1) is 14.8. The van der Waals surface area contributed by atoms with Crippen LogP contribution in [-0.2, 0) is 4.79 Å². The number of amides is 1. The van der Waals surface area contributed by atoms with E-state index in [0.717, 1.165) is 25.3 Å². The number of rotatable bonds is 6. The Kier molecular flexibility index (Phi) is 4.88. The average Bonchev–Trinajstić information content (AvgIpc) is 3.20. The summed E-state index contributed by atoms with van der Waals surface area (Å²) in [6.07, 6.45) is 9.48. The Labute approximate surface area is 118 Å². The largest absolute Gasteiger partial charge is 0.340 e. The van der Waals surface area contributed by atoms with Gasteiger partial charge in [0, 0.05) is 24.5 Å². The van der Waals surface area contributed by atoms with Crippen molar-refractivity contribution < 1.29 is 4.79 Å². The van der Waals surface area contributed by atoms with Crippen LogP contribution in [-0.4, -0.2) is 36.0 Å². The van der Waals surface area contributed by atoms with Crippen molar-refractivity contribution in [2.75, 3.05) is 13.6 Å². The minimum Gasteiger partial charge on any atom is -0.340 e. The van der Waals surface area contributed by atoms with Crippen LogP contribution in [0.25, 0.3) is 0 Å². The molecule has 3 nitrogen and oxygen atoms in total. The van der Waals surface area contributed by atoms with Crippen LogP contribution < -0.4 is 5.32 Å². The summed E-state index contributed by atoms with van der Waals surface area (Å²) < 4.78 is 0. The lowest BCUT2D eigenvalue weighted by Crippen LogP contribution is -2.50. The van der Waals surface area contributed by atoms with E-state index in [2.05, 4.69) is 24.1 Å². The second kappa shape index (κ2) is 6.25. The fourth-order valence-corrected chi connectivity index (χ4v) is 3.31. The van der Waals surface area contributed by atoms with Crippen LogP contribution in [0.1, 0.15) is 65.2 Å². The van der Waals surface area contributed by atoms with Crippen molar-refractivity contribution in [1.29, 1.82) is 0 Å². The summed E-state index contributed by atoms with van der Waals surface area (Å²) >= 11 is 0. The van der Waals surface area contributed by atoms with Gasteiger partial charge in [0.05, 0.1) is 0 Å². The van der Waals surface area contributed by atoms with Gasteiger partial charge in [-0.05, 0) is 52.5 Å². The number of carbonyl (C=O) groups is 1. The first-order chi connectivity index (χ1) is 9.06. The average molecular weight is 266 g/mol. The molecule has 0 aromatic rings. The molecule has 0 bridgehead atoms. The molecule has 0 radical (unpaired) electrons. The smallest absolute Gasteiger partial charge is 0.224 e. The van der Waals surface area contributed by atoms with Gasteiger partial charge in [-0.3, -0.25) is 4.79 Å². The number of carbonyl (C=O) groups excluding carboxylic acids is 1. The van der Waals surface area contributed by atoms with Crippen LogP contribution in [0, 0.1) is 5.92 Å². The zero-order valence-corrected chi connectivity index (χ0v) is 12.9. The molecule has 2 fully saturated rings. The molecule has 0 atom stereocenters. The molecule has 110 valence electrons. The number of nitrogens with one attached hydrogen (secondary N) is 1. The molecule has 3 heteroatoms. The topological polar surface area (TPSA) is 32.3 Å². The lowest BCUT2D eigenvalue weighted by atomic mass is 9.79. The van der Waals surface area contributed by atoms with Crippen molar-refractivity contribution in [2.24, 2.45) is 5.92 Å². The molecule has 0 spiro atoms. The molecule has 1 amide bonds. The summed E-state index contributed by atoms with van der Waals surface area (Å²) in [5.74, 6) is 1.14. The van der Waals surface area contributed by atoms with E-state index in [1.165, 1.54) is 32.1 Å². The molecule has 0 aliphatic heterocycles. The summed E-state index contributed by atoms with van der Waals surface area (Å²) in [6, 6.07) is 0.339. The van der Waals surface area contributed by atoms with Crippen molar-refractivity contribution in [3.63, 3.8) is 0 Å². The normalized spacial score (nSPS) is 22.5. The first-order valence-corrected chi connectivity index (χ1v) is 8.05. The second-order valence-corrected chi connectivity index (χ2v) is 6.85. The van der Waals surface area contributed by atoms with Gasteiger partial charge in [-0.25, -0.2) is 0 Å². The summed E-state index contributed by atoms with van der Waals surface area (Å²) in [6.45, 7) is 5.27. The molecule has 2 aliphatic carbocycles. The van der Waals surface area contributed by atoms with Gasteiger partial charge >= 0.3 is 0 Å². The maximum Gasteiger partial charge on any atom is 0.224 e. The maximum absolute atomic E-state index is 12.7. The van der Waals surface area contributed by atoms with Gasteiger partial charge in [-0.15, -0.1) is 0 Å². The van der Waals surface area contributed by atoms with Crippen LogP contribution in [0.2, 0.25) is 0 Å². The van der Waals surface area contributed by atoms with Crippen molar-refractivity contribution >= 4 is 5.91 Å². The second-order valence-electron chi connectivity index (χ2n) is 6.85. The van der Waals surface area contributed by atoms with Gasteiger partial charge in [0.2, 0.25) is 5.91 Å². The molecule has 2 rings (SSSR count). The zero-order valence-electron chi connectivity index (χ0n) is 12.9. The lowest BCUT2D eigenvalue weighted by Gasteiger charge is -2.39. The third kappa shape index (κ3) is 3.95. The molecular formula is C16H30N2O. The van der Waals surface area contributed by atoms with E-state index >= 15 is 0 Å². The third-order valence-corrected chi connectivity index (χ3v) is 4.93. The molecule has 0 heterocycles. The van der Waals surface area contributed by atoms with Gasteiger partial charge in [0.15, 0.2) is 0 Å². The van der Waals surface area contributed by atoms with Gasteiger partial charge < -0.3 is 10.2 Å². The molecule has 0 saturated heterocycles. The molecule has 0 aromatic carbocycles. The monoisotopic (exact) mass is 266 g/mol. The van der Waals surface area contributed by atoms with E-state index < -0.39 is 0 Å². The van der Waals surface area contributed by atoms with E-state index in [-0.39, 0.29) is 5.54 Å². The molecule has 0 unspecified atom stereocenters. The summed E-state index contributed by atoms with van der Waals surface area (Å²) in [5, 5.41) is 3.46. The first-order valence-electron chi connectivity index (χ1n) is 8.05. The SMILES string of the molecule is CNC1(CC(=O)N(CC2CC2)C(C)C)CCCCC1. The van der Waals surface area contributed by atoms with Gasteiger partial charge in [-0.1, -0.05) is 19.3 Å². The molecular weight excluding hydrogens is 236 g/mol. The Bertz CT molecular complexity index is 304. The Morgan fingerprint density at radius 3 is 2.37 bits per heavy atom. The standard InChI is InChI=1S/C16H30N2O/c1-13(2)18(12-14-7-8-14)15(19)11-16(17-3)9-5-4-6-10-16/h13-14,17H,4-12H2,1-3H3. The third-order valence-electron chi connectivity index (χ3n) is 4.93. The molecule has 19 heavy (non-hydrogen) atoms. The van der Waals surface area contributed by atoms with Gasteiger partial charge in [0.1, 0.15) is 0 Å². The summed E-state index contributed by atoms with van der Waals surface area (Å²) in [4.78, 5) is 14.8. The van der Waals surface area contributed by atoms with Crippen LogP contribution in [0.15, 0.2) is 0 Å². The Hall–Kier alpha value is -0.570. The van der Waals surface area contributed by atoms with Gasteiger partial charge in [0.25, 0.3) is 0 Å². The predicted octanol–water partition coefficient (Wildman–Crippen LogP) is 2.95. The van der Waals surface area contributed by atoms with E-state index in [0.29, 0.717) is 18.4 Å². The van der Waals surface area contributed by atoms with Crippen molar-refractivity contribution in [2.45, 2.75) is 76.8 Å². The van der Waals surface area contributed by atoms with Crippen LogP contribution >= 0.6 is 0 Å². The zero-order chi connectivity index (χ0) is 13.9. The minimum atomic E-state index is 0.0754. The molecule has 2 saturated carbocycles. The highest BCUT2D eigenvalue weighted by Crippen LogP contribution is 2.33. The molecule has 1 N–H and O–H groups in total. The molecule has 2 aliphatic rings. The number of hydrogen-bond acceptors (Lipinski definition) is 2. The highest BCUT2D eigenvalue weighted by Gasteiger charge is 2.36. The highest BCUT2D eigenvalue weighted by atomic mass is 16.2. The fourth-order valence-electron chi connectivity index (χ4n) is 3.31. The lowest BCUT2D eigenvalue weighted by molar-refractivity contribution is -0.135. The Balaban J connectivity index is 1.95. The predicted molar refractivity (Wildman–Crippen MR) is 79.1 cm³/mol. The summed E-state index contributed by atoms with van der Waals surface area (Å²) in [5.41, 5.74) is 0.0754. The summed E-state index contributed by atoms with van der Waals surface area (Å²) in [7, 11) is 2.03. The number of nitrogens with zero attached hydrogens (tertiary/aromatic N) is 1. The molecule has 0 aromatic heterocycles. The van der Waals surface area contributed by atoms with Crippen molar-refractivity contribution in [3.8, 4) is 0 Å². The number of hydrogen-bond donors (Lipinski definition) is 1. The van der Waals surface area contributed by atoms with Crippen LogP contribution in [0.3, 0.4) is 0 Å². The van der Waals surface area contributed by atoms with Crippen molar-refractivity contribution in [3.05, 3.63) is 0 Å². The Morgan fingerprint density at radius 2 is 1.89 bits per heavy atom. The van der Waals surface area contributed by atoms with E-state index in [1.54, 1.807) is 0 Å². The minimum absolute atomic E-state index is 0.0754. The fraction of sp³-hybridized carbons (Fsp3) is 0.938. The Morgan fingerprint density at radius 1 is 1.26 bits per heavy atom.